The molecule has 0 spiro atoms. The molecule has 1 aromatic heterocycles. The lowest BCUT2D eigenvalue weighted by Gasteiger charge is -2.01. The molecule has 1 unspecified atom stereocenters. The Morgan fingerprint density at radius 1 is 1.62 bits per heavy atom. The van der Waals surface area contributed by atoms with Gasteiger partial charge in [-0.2, -0.15) is 4.98 Å². The van der Waals surface area contributed by atoms with Gasteiger partial charge in [-0.05, 0) is 25.4 Å². The molecule has 0 aliphatic carbocycles. The van der Waals surface area contributed by atoms with Crippen LogP contribution in [0.1, 0.15) is 25.1 Å². The molecular formula is C9H15N3O. The van der Waals surface area contributed by atoms with E-state index in [1.165, 1.54) is 6.42 Å². The van der Waals surface area contributed by atoms with Crippen molar-refractivity contribution >= 4 is 0 Å². The van der Waals surface area contributed by atoms with E-state index in [0.29, 0.717) is 5.92 Å². The summed E-state index contributed by atoms with van der Waals surface area (Å²) in [7, 11) is 0. The van der Waals surface area contributed by atoms with E-state index in [0.717, 1.165) is 37.6 Å². The largest absolute Gasteiger partial charge is 0.339 e. The van der Waals surface area contributed by atoms with Crippen molar-refractivity contribution in [2.75, 3.05) is 13.1 Å². The number of nitrogens with zero attached hydrogens (tertiary/aromatic N) is 2. The normalized spacial score (nSPS) is 22.4. The zero-order valence-electron chi connectivity index (χ0n) is 7.92. The summed E-state index contributed by atoms with van der Waals surface area (Å²) in [6, 6.07) is 0. The quantitative estimate of drug-likeness (QED) is 0.748. The summed E-state index contributed by atoms with van der Waals surface area (Å²) in [5.74, 6) is 2.30. The van der Waals surface area contributed by atoms with Gasteiger partial charge in [0.25, 0.3) is 0 Å². The van der Waals surface area contributed by atoms with Crippen molar-refractivity contribution in [3.8, 4) is 0 Å². The predicted octanol–water partition coefficient (Wildman–Crippen LogP) is 0.784. The van der Waals surface area contributed by atoms with Gasteiger partial charge in [-0.15, -0.1) is 0 Å². The fourth-order valence-corrected chi connectivity index (χ4v) is 1.65. The predicted molar refractivity (Wildman–Crippen MR) is 48.4 cm³/mol. The summed E-state index contributed by atoms with van der Waals surface area (Å²) in [4.78, 5) is 4.29. The molecule has 2 heterocycles. The average Bonchev–Trinajstić information content (AvgIpc) is 2.76. The van der Waals surface area contributed by atoms with Gasteiger partial charge in [-0.1, -0.05) is 12.1 Å². The van der Waals surface area contributed by atoms with Crippen molar-refractivity contribution in [1.82, 2.24) is 15.5 Å². The molecule has 72 valence electrons. The highest BCUT2D eigenvalue weighted by Gasteiger charge is 2.17. The van der Waals surface area contributed by atoms with Crippen molar-refractivity contribution in [1.29, 1.82) is 0 Å². The van der Waals surface area contributed by atoms with Gasteiger partial charge < -0.3 is 9.84 Å². The van der Waals surface area contributed by atoms with Gasteiger partial charge >= 0.3 is 0 Å². The van der Waals surface area contributed by atoms with Crippen LogP contribution in [-0.4, -0.2) is 23.2 Å². The standard InChI is InChI=1S/C9H15N3O/c1-2-8-11-9(13-12-8)5-7-3-4-10-6-7/h7,10H,2-6H2,1H3. The third-order valence-electron chi connectivity index (χ3n) is 2.45. The molecule has 1 aliphatic heterocycles. The molecule has 4 heteroatoms. The minimum atomic E-state index is 0.685. The molecule has 0 saturated carbocycles. The van der Waals surface area contributed by atoms with E-state index in [-0.39, 0.29) is 0 Å². The summed E-state index contributed by atoms with van der Waals surface area (Å²) in [5.41, 5.74) is 0. The van der Waals surface area contributed by atoms with Crippen molar-refractivity contribution in [3.63, 3.8) is 0 Å². The molecule has 0 aromatic carbocycles. The van der Waals surface area contributed by atoms with Crippen LogP contribution in [0.5, 0.6) is 0 Å². The van der Waals surface area contributed by atoms with Crippen molar-refractivity contribution in [2.45, 2.75) is 26.2 Å². The molecule has 1 fully saturated rings. The van der Waals surface area contributed by atoms with E-state index in [2.05, 4.69) is 15.5 Å². The van der Waals surface area contributed by atoms with Gasteiger partial charge in [0.2, 0.25) is 5.89 Å². The first-order valence-electron chi connectivity index (χ1n) is 4.90. The Hall–Kier alpha value is -0.900. The molecule has 0 radical (unpaired) electrons. The maximum Gasteiger partial charge on any atom is 0.226 e. The Morgan fingerprint density at radius 3 is 3.15 bits per heavy atom. The molecule has 2 rings (SSSR count). The lowest BCUT2D eigenvalue weighted by molar-refractivity contribution is 0.354. The van der Waals surface area contributed by atoms with E-state index in [4.69, 9.17) is 4.52 Å². The molecule has 0 amide bonds. The number of nitrogens with one attached hydrogen (secondary N) is 1. The minimum Gasteiger partial charge on any atom is -0.339 e. The smallest absolute Gasteiger partial charge is 0.226 e. The first kappa shape index (κ1) is 8.69. The van der Waals surface area contributed by atoms with Crippen LogP contribution in [0.3, 0.4) is 0 Å². The Balaban J connectivity index is 1.92. The topological polar surface area (TPSA) is 51.0 Å². The van der Waals surface area contributed by atoms with E-state index >= 15 is 0 Å². The average molecular weight is 181 g/mol. The van der Waals surface area contributed by atoms with Crippen LogP contribution in [0.2, 0.25) is 0 Å². The summed E-state index contributed by atoms with van der Waals surface area (Å²) in [6.07, 6.45) is 3.01. The molecule has 1 N–H and O–H groups in total. The van der Waals surface area contributed by atoms with E-state index in [1.54, 1.807) is 0 Å². The monoisotopic (exact) mass is 181 g/mol. The SMILES string of the molecule is CCc1noc(CC2CCNC2)n1. The third kappa shape index (κ3) is 2.06. The summed E-state index contributed by atoms with van der Waals surface area (Å²) in [5, 5.41) is 7.19. The summed E-state index contributed by atoms with van der Waals surface area (Å²) < 4.78 is 5.13. The Labute approximate surface area is 77.7 Å². The zero-order chi connectivity index (χ0) is 9.10. The molecule has 1 atom stereocenters. The van der Waals surface area contributed by atoms with E-state index in [9.17, 15) is 0 Å². The zero-order valence-corrected chi connectivity index (χ0v) is 7.92. The summed E-state index contributed by atoms with van der Waals surface area (Å²) in [6.45, 7) is 4.25. The van der Waals surface area contributed by atoms with E-state index in [1.807, 2.05) is 6.92 Å². The molecular weight excluding hydrogens is 166 g/mol. The number of aryl methyl sites for hydroxylation is 1. The Morgan fingerprint density at radius 2 is 2.54 bits per heavy atom. The molecule has 0 bridgehead atoms. The number of aromatic nitrogens is 2. The van der Waals surface area contributed by atoms with Crippen LogP contribution in [0.15, 0.2) is 4.52 Å². The van der Waals surface area contributed by atoms with Gasteiger partial charge in [0.05, 0.1) is 0 Å². The maximum atomic E-state index is 5.13. The Kier molecular flexibility index (Phi) is 2.59. The van der Waals surface area contributed by atoms with Gasteiger partial charge in [-0.25, -0.2) is 0 Å². The molecule has 13 heavy (non-hydrogen) atoms. The number of hydrogen-bond acceptors (Lipinski definition) is 4. The second-order valence-electron chi connectivity index (χ2n) is 3.52. The molecule has 1 aromatic rings. The van der Waals surface area contributed by atoms with Gasteiger partial charge in [0.15, 0.2) is 5.82 Å². The molecule has 1 aliphatic rings. The van der Waals surface area contributed by atoms with Crippen molar-refractivity contribution < 1.29 is 4.52 Å². The van der Waals surface area contributed by atoms with Crippen molar-refractivity contribution in [3.05, 3.63) is 11.7 Å². The van der Waals surface area contributed by atoms with Crippen LogP contribution >= 0.6 is 0 Å². The fraction of sp³-hybridized carbons (Fsp3) is 0.778. The van der Waals surface area contributed by atoms with Gasteiger partial charge in [0, 0.05) is 12.8 Å². The van der Waals surface area contributed by atoms with Crippen molar-refractivity contribution in [2.24, 2.45) is 5.92 Å². The maximum absolute atomic E-state index is 5.13. The minimum absolute atomic E-state index is 0.685. The lowest BCUT2D eigenvalue weighted by atomic mass is 10.1. The second-order valence-corrected chi connectivity index (χ2v) is 3.52. The summed E-state index contributed by atoms with van der Waals surface area (Å²) >= 11 is 0. The van der Waals surface area contributed by atoms with Crippen LogP contribution in [0.25, 0.3) is 0 Å². The first-order valence-corrected chi connectivity index (χ1v) is 4.90. The third-order valence-corrected chi connectivity index (χ3v) is 2.45. The highest BCUT2D eigenvalue weighted by Crippen LogP contribution is 2.13. The number of hydrogen-bond donors (Lipinski definition) is 1. The van der Waals surface area contributed by atoms with Gasteiger partial charge in [0.1, 0.15) is 0 Å². The van der Waals surface area contributed by atoms with Crippen LogP contribution in [0, 0.1) is 5.92 Å². The van der Waals surface area contributed by atoms with Crippen LogP contribution in [0.4, 0.5) is 0 Å². The van der Waals surface area contributed by atoms with Gasteiger partial charge in [-0.3, -0.25) is 0 Å². The second kappa shape index (κ2) is 3.87. The van der Waals surface area contributed by atoms with Crippen LogP contribution in [-0.2, 0) is 12.8 Å². The first-order chi connectivity index (χ1) is 6.38. The molecule has 1 saturated heterocycles. The fourth-order valence-electron chi connectivity index (χ4n) is 1.65. The Bertz CT molecular complexity index is 266. The lowest BCUT2D eigenvalue weighted by Crippen LogP contribution is -2.10. The highest BCUT2D eigenvalue weighted by molar-refractivity contribution is 4.89. The highest BCUT2D eigenvalue weighted by atomic mass is 16.5. The molecule has 4 nitrogen and oxygen atoms in total. The number of rotatable bonds is 3. The van der Waals surface area contributed by atoms with E-state index < -0.39 is 0 Å². The van der Waals surface area contributed by atoms with Crippen LogP contribution < -0.4 is 5.32 Å².